The Hall–Kier alpha value is -5.16. The highest BCUT2D eigenvalue weighted by Crippen LogP contribution is 2.34. The lowest BCUT2D eigenvalue weighted by atomic mass is 9.97. The van der Waals surface area contributed by atoms with E-state index in [1.54, 1.807) is 24.3 Å². The predicted octanol–water partition coefficient (Wildman–Crippen LogP) is 5.58. The van der Waals surface area contributed by atoms with E-state index in [0.29, 0.717) is 17.4 Å². The molecular weight excluding hydrogens is 576 g/mol. The number of carbonyl (C=O) groups is 2. The zero-order valence-electron chi connectivity index (χ0n) is 24.2. The molecule has 222 valence electrons. The summed E-state index contributed by atoms with van der Waals surface area (Å²) in [6.45, 7) is 2.16. The Morgan fingerprint density at radius 1 is 0.977 bits per heavy atom. The maximum atomic E-state index is 13.8. The number of thioether (sulfide) groups is 1. The van der Waals surface area contributed by atoms with Gasteiger partial charge in [-0.2, -0.15) is 5.10 Å². The van der Waals surface area contributed by atoms with Crippen LogP contribution in [0.2, 0.25) is 0 Å². The van der Waals surface area contributed by atoms with Crippen LogP contribution in [-0.2, 0) is 11.3 Å². The Kier molecular flexibility index (Phi) is 8.55. The fourth-order valence-corrected chi connectivity index (χ4v) is 5.76. The average Bonchev–Trinajstić information content (AvgIpc) is 3.84. The fraction of sp³-hybridized carbons (Fsp3) is 0.182. The number of nitrogens with one attached hydrogen (secondary N) is 1. The standard InChI is InChI=1S/C33H30N6O4S/c1-22-10-12-24(13-11-22)28-19-27(23-14-16-26(42-2)17-15-23)37-39(28)31(40)21-44-33-36-35-30(38(33)25-7-4-3-5-8-25)20-34-32(41)29-9-6-18-43-29/h3-18,28H,19-21H2,1-2H3,(H,34,41)/t28-/m0/s1. The van der Waals surface area contributed by atoms with Gasteiger partial charge in [-0.05, 0) is 66.6 Å². The van der Waals surface area contributed by atoms with Crippen molar-refractivity contribution in [2.24, 2.45) is 5.10 Å². The number of aryl methyl sites for hydroxylation is 1. The van der Waals surface area contributed by atoms with Crippen molar-refractivity contribution in [3.05, 3.63) is 126 Å². The molecular formula is C33H30N6O4S. The lowest BCUT2D eigenvalue weighted by Gasteiger charge is -2.22. The van der Waals surface area contributed by atoms with E-state index in [1.807, 2.05) is 78.2 Å². The first kappa shape index (κ1) is 28.9. The van der Waals surface area contributed by atoms with E-state index in [0.717, 1.165) is 33.8 Å². The van der Waals surface area contributed by atoms with Crippen molar-refractivity contribution >= 4 is 29.3 Å². The minimum absolute atomic E-state index is 0.0888. The molecule has 3 heterocycles. The van der Waals surface area contributed by atoms with Gasteiger partial charge in [-0.1, -0.05) is 59.8 Å². The first-order valence-electron chi connectivity index (χ1n) is 14.0. The molecule has 3 aromatic carbocycles. The number of aromatic nitrogens is 3. The molecule has 1 N–H and O–H groups in total. The van der Waals surface area contributed by atoms with Gasteiger partial charge in [0.1, 0.15) is 5.75 Å². The van der Waals surface area contributed by atoms with Gasteiger partial charge >= 0.3 is 0 Å². The number of hydrazone groups is 1. The molecule has 2 aromatic heterocycles. The minimum Gasteiger partial charge on any atom is -0.497 e. The normalized spacial score (nSPS) is 14.4. The molecule has 5 aromatic rings. The van der Waals surface area contributed by atoms with Gasteiger partial charge in [0.15, 0.2) is 16.7 Å². The van der Waals surface area contributed by atoms with Gasteiger partial charge in [0.2, 0.25) is 0 Å². The third-order valence-electron chi connectivity index (χ3n) is 7.24. The summed E-state index contributed by atoms with van der Waals surface area (Å²) in [5, 5.41) is 18.5. The van der Waals surface area contributed by atoms with E-state index in [1.165, 1.54) is 18.0 Å². The third-order valence-corrected chi connectivity index (χ3v) is 8.16. The Morgan fingerprint density at radius 2 is 1.75 bits per heavy atom. The van der Waals surface area contributed by atoms with E-state index in [9.17, 15) is 9.59 Å². The molecule has 2 amide bonds. The lowest BCUT2D eigenvalue weighted by Crippen LogP contribution is -2.28. The molecule has 10 nitrogen and oxygen atoms in total. The van der Waals surface area contributed by atoms with Crippen LogP contribution >= 0.6 is 11.8 Å². The molecule has 6 rings (SSSR count). The van der Waals surface area contributed by atoms with Crippen molar-refractivity contribution in [2.45, 2.75) is 31.1 Å². The second kappa shape index (κ2) is 13.0. The first-order chi connectivity index (χ1) is 21.5. The van der Waals surface area contributed by atoms with Gasteiger partial charge in [-0.3, -0.25) is 14.2 Å². The van der Waals surface area contributed by atoms with E-state index in [2.05, 4.69) is 27.6 Å². The number of amides is 2. The number of para-hydroxylation sites is 1. The Morgan fingerprint density at radius 3 is 2.45 bits per heavy atom. The second-order valence-corrected chi connectivity index (χ2v) is 11.1. The van der Waals surface area contributed by atoms with Crippen LogP contribution in [-0.4, -0.2) is 50.2 Å². The predicted molar refractivity (Wildman–Crippen MR) is 167 cm³/mol. The van der Waals surface area contributed by atoms with Crippen LogP contribution in [0.1, 0.15) is 45.5 Å². The Bertz CT molecular complexity index is 1770. The summed E-state index contributed by atoms with van der Waals surface area (Å²) in [7, 11) is 1.63. The number of ether oxygens (including phenoxy) is 1. The van der Waals surface area contributed by atoms with Gasteiger partial charge in [-0.15, -0.1) is 10.2 Å². The van der Waals surface area contributed by atoms with Crippen molar-refractivity contribution in [3.8, 4) is 11.4 Å². The maximum absolute atomic E-state index is 13.8. The van der Waals surface area contributed by atoms with E-state index in [4.69, 9.17) is 14.3 Å². The summed E-state index contributed by atoms with van der Waals surface area (Å²) in [4.78, 5) is 26.3. The van der Waals surface area contributed by atoms with Crippen LogP contribution < -0.4 is 10.1 Å². The molecule has 0 bridgehead atoms. The number of carbonyl (C=O) groups excluding carboxylic acids is 2. The van der Waals surface area contributed by atoms with Gasteiger partial charge < -0.3 is 14.5 Å². The molecule has 0 spiro atoms. The van der Waals surface area contributed by atoms with Crippen molar-refractivity contribution in [3.63, 3.8) is 0 Å². The van der Waals surface area contributed by atoms with Crippen LogP contribution in [0.3, 0.4) is 0 Å². The van der Waals surface area contributed by atoms with Crippen molar-refractivity contribution in [1.82, 2.24) is 25.1 Å². The molecule has 0 aliphatic carbocycles. The summed E-state index contributed by atoms with van der Waals surface area (Å²) in [5.74, 6) is 1.06. The van der Waals surface area contributed by atoms with E-state index < -0.39 is 0 Å². The highest BCUT2D eigenvalue weighted by molar-refractivity contribution is 7.99. The highest BCUT2D eigenvalue weighted by Gasteiger charge is 2.33. The topological polar surface area (TPSA) is 115 Å². The molecule has 1 aliphatic rings. The van der Waals surface area contributed by atoms with Gasteiger partial charge in [0.05, 0.1) is 37.4 Å². The molecule has 1 atom stereocenters. The average molecular weight is 607 g/mol. The van der Waals surface area contributed by atoms with Crippen LogP contribution in [0.5, 0.6) is 5.75 Å². The van der Waals surface area contributed by atoms with Crippen molar-refractivity contribution < 1.29 is 18.7 Å². The molecule has 44 heavy (non-hydrogen) atoms. The van der Waals surface area contributed by atoms with E-state index in [-0.39, 0.29) is 35.9 Å². The number of nitrogens with zero attached hydrogens (tertiary/aromatic N) is 5. The first-order valence-corrected chi connectivity index (χ1v) is 15.0. The Balaban J connectivity index is 1.23. The van der Waals surface area contributed by atoms with Gasteiger partial charge in [0.25, 0.3) is 11.8 Å². The zero-order valence-corrected chi connectivity index (χ0v) is 25.0. The minimum atomic E-state index is -0.358. The van der Waals surface area contributed by atoms with Crippen molar-refractivity contribution in [1.29, 1.82) is 0 Å². The zero-order chi connectivity index (χ0) is 30.5. The van der Waals surface area contributed by atoms with Crippen molar-refractivity contribution in [2.75, 3.05) is 12.9 Å². The quantitative estimate of drug-likeness (QED) is 0.207. The fourth-order valence-electron chi connectivity index (χ4n) is 4.94. The van der Waals surface area contributed by atoms with Crippen LogP contribution in [0, 0.1) is 6.92 Å². The van der Waals surface area contributed by atoms with E-state index >= 15 is 0 Å². The summed E-state index contributed by atoms with van der Waals surface area (Å²) in [6.07, 6.45) is 2.03. The highest BCUT2D eigenvalue weighted by atomic mass is 32.2. The van der Waals surface area contributed by atoms with Gasteiger partial charge in [-0.25, -0.2) is 5.01 Å². The largest absolute Gasteiger partial charge is 0.497 e. The SMILES string of the molecule is COc1ccc(C2=NN(C(=O)CSc3nnc(CNC(=O)c4ccco4)n3-c3ccccc3)[C@H](c3ccc(C)cc3)C2)cc1. The second-order valence-electron chi connectivity index (χ2n) is 10.2. The number of methoxy groups -OCH3 is 1. The monoisotopic (exact) mass is 606 g/mol. The maximum Gasteiger partial charge on any atom is 0.287 e. The molecule has 0 unspecified atom stereocenters. The summed E-state index contributed by atoms with van der Waals surface area (Å²) >= 11 is 1.27. The lowest BCUT2D eigenvalue weighted by molar-refractivity contribution is -0.130. The van der Waals surface area contributed by atoms with Crippen LogP contribution in [0.4, 0.5) is 0 Å². The molecule has 11 heteroatoms. The van der Waals surface area contributed by atoms with Gasteiger partial charge in [0, 0.05) is 12.1 Å². The summed E-state index contributed by atoms with van der Waals surface area (Å²) in [5.41, 5.74) is 4.75. The summed E-state index contributed by atoms with van der Waals surface area (Å²) in [6, 6.07) is 28.5. The molecule has 0 fully saturated rings. The Labute approximate surface area is 258 Å². The number of benzene rings is 3. The summed E-state index contributed by atoms with van der Waals surface area (Å²) < 4.78 is 12.3. The molecule has 0 saturated heterocycles. The molecule has 1 aliphatic heterocycles. The molecule has 0 radical (unpaired) electrons. The number of rotatable bonds is 10. The smallest absolute Gasteiger partial charge is 0.287 e. The van der Waals surface area contributed by atoms with Crippen LogP contribution in [0.15, 0.2) is 112 Å². The number of hydrogen-bond donors (Lipinski definition) is 1. The molecule has 0 saturated carbocycles. The number of furan rings is 1. The number of hydrogen-bond acceptors (Lipinski definition) is 8. The third kappa shape index (κ3) is 6.28. The van der Waals surface area contributed by atoms with Crippen LogP contribution in [0.25, 0.3) is 5.69 Å².